The van der Waals surface area contributed by atoms with Crippen molar-refractivity contribution in [2.45, 2.75) is 6.92 Å². The van der Waals surface area contributed by atoms with Gasteiger partial charge in [0.2, 0.25) is 0 Å². The van der Waals surface area contributed by atoms with E-state index >= 15 is 0 Å². The Morgan fingerprint density at radius 1 is 1.46 bits per heavy atom. The highest BCUT2D eigenvalue weighted by atomic mass is 79.9. The van der Waals surface area contributed by atoms with Gasteiger partial charge in [-0.3, -0.25) is 4.79 Å². The molecule has 1 rings (SSSR count). The van der Waals surface area contributed by atoms with Crippen LogP contribution in [-0.2, 0) is 0 Å². The Morgan fingerprint density at radius 2 is 2.08 bits per heavy atom. The summed E-state index contributed by atoms with van der Waals surface area (Å²) in [5, 5.41) is 0. The van der Waals surface area contributed by atoms with Gasteiger partial charge >= 0.3 is 0 Å². The number of nitrogens with zero attached hydrogens (tertiary/aromatic N) is 2. The van der Waals surface area contributed by atoms with E-state index in [2.05, 4.69) is 20.9 Å². The number of pyridine rings is 1. The second-order valence-electron chi connectivity index (χ2n) is 2.96. The minimum absolute atomic E-state index is 0.0735. The van der Waals surface area contributed by atoms with E-state index < -0.39 is 0 Å². The van der Waals surface area contributed by atoms with E-state index in [1.165, 1.54) is 4.90 Å². The first-order valence-corrected chi connectivity index (χ1v) is 4.66. The first kappa shape index (κ1) is 10.2. The maximum Gasteiger partial charge on any atom is 0.271 e. The molecule has 3 nitrogen and oxygen atoms in total. The first-order valence-electron chi connectivity index (χ1n) is 3.87. The predicted octanol–water partition coefficient (Wildman–Crippen LogP) is 1.85. The maximum atomic E-state index is 11.5. The summed E-state index contributed by atoms with van der Waals surface area (Å²) in [6.45, 7) is 1.86. The SMILES string of the molecule is Cc1nc(C(=O)N(C)C)ccc1Br. The fraction of sp³-hybridized carbons (Fsp3) is 0.333. The molecule has 0 aliphatic heterocycles. The van der Waals surface area contributed by atoms with Crippen molar-refractivity contribution in [3.05, 3.63) is 28.0 Å². The quantitative estimate of drug-likeness (QED) is 0.754. The molecule has 4 heteroatoms. The van der Waals surface area contributed by atoms with Gasteiger partial charge in [0, 0.05) is 18.6 Å². The summed E-state index contributed by atoms with van der Waals surface area (Å²) in [5.41, 5.74) is 1.30. The second kappa shape index (κ2) is 3.87. The van der Waals surface area contributed by atoms with E-state index in [-0.39, 0.29) is 5.91 Å². The molecule has 0 spiro atoms. The monoisotopic (exact) mass is 242 g/mol. The molecule has 0 radical (unpaired) electrons. The standard InChI is InChI=1S/C9H11BrN2O/c1-6-7(10)4-5-8(11-6)9(13)12(2)3/h4-5H,1-3H3. The molecule has 0 aliphatic rings. The van der Waals surface area contributed by atoms with Crippen LogP contribution in [0.4, 0.5) is 0 Å². The van der Waals surface area contributed by atoms with Gasteiger partial charge < -0.3 is 4.90 Å². The number of carbonyl (C=O) groups excluding carboxylic acids is 1. The van der Waals surface area contributed by atoms with Gasteiger partial charge in [0.25, 0.3) is 5.91 Å². The van der Waals surface area contributed by atoms with E-state index in [9.17, 15) is 4.79 Å². The average Bonchev–Trinajstić information content (AvgIpc) is 2.08. The fourth-order valence-electron chi connectivity index (χ4n) is 0.892. The van der Waals surface area contributed by atoms with Crippen molar-refractivity contribution in [1.29, 1.82) is 0 Å². The third-order valence-corrected chi connectivity index (χ3v) is 2.48. The van der Waals surface area contributed by atoms with Crippen LogP contribution in [-0.4, -0.2) is 29.9 Å². The van der Waals surface area contributed by atoms with Gasteiger partial charge in [-0.1, -0.05) is 0 Å². The lowest BCUT2D eigenvalue weighted by Crippen LogP contribution is -2.22. The van der Waals surface area contributed by atoms with E-state index in [0.717, 1.165) is 10.2 Å². The molecule has 0 saturated carbocycles. The van der Waals surface area contributed by atoms with E-state index in [1.807, 2.05) is 13.0 Å². The molecule has 1 aromatic heterocycles. The van der Waals surface area contributed by atoms with Crippen LogP contribution >= 0.6 is 15.9 Å². The van der Waals surface area contributed by atoms with Crippen LogP contribution in [0, 0.1) is 6.92 Å². The lowest BCUT2D eigenvalue weighted by atomic mass is 10.3. The summed E-state index contributed by atoms with van der Waals surface area (Å²) < 4.78 is 0.919. The van der Waals surface area contributed by atoms with Crippen molar-refractivity contribution < 1.29 is 4.79 Å². The van der Waals surface area contributed by atoms with Crippen LogP contribution in [0.5, 0.6) is 0 Å². The van der Waals surface area contributed by atoms with Crippen molar-refractivity contribution in [2.24, 2.45) is 0 Å². The van der Waals surface area contributed by atoms with Gasteiger partial charge in [-0.05, 0) is 35.0 Å². The summed E-state index contributed by atoms with van der Waals surface area (Å²) in [4.78, 5) is 17.1. The van der Waals surface area contributed by atoms with Crippen LogP contribution in [0.2, 0.25) is 0 Å². The zero-order chi connectivity index (χ0) is 10.0. The zero-order valence-corrected chi connectivity index (χ0v) is 9.42. The lowest BCUT2D eigenvalue weighted by molar-refractivity contribution is 0.0821. The predicted molar refractivity (Wildman–Crippen MR) is 54.7 cm³/mol. The highest BCUT2D eigenvalue weighted by Gasteiger charge is 2.09. The van der Waals surface area contributed by atoms with Crippen LogP contribution in [0.15, 0.2) is 16.6 Å². The Hall–Kier alpha value is -0.900. The van der Waals surface area contributed by atoms with Crippen LogP contribution in [0.25, 0.3) is 0 Å². The molecule has 0 saturated heterocycles. The molecular formula is C9H11BrN2O. The lowest BCUT2D eigenvalue weighted by Gasteiger charge is -2.09. The van der Waals surface area contributed by atoms with Crippen molar-refractivity contribution >= 4 is 21.8 Å². The second-order valence-corrected chi connectivity index (χ2v) is 3.82. The average molecular weight is 243 g/mol. The Kier molecular flexibility index (Phi) is 3.03. The Balaban J connectivity index is 3.04. The molecule has 1 amide bonds. The number of halogens is 1. The molecule has 1 heterocycles. The van der Waals surface area contributed by atoms with Gasteiger partial charge in [-0.2, -0.15) is 0 Å². The normalized spacial score (nSPS) is 9.85. The summed E-state index contributed by atoms with van der Waals surface area (Å²) >= 11 is 3.33. The van der Waals surface area contributed by atoms with E-state index in [0.29, 0.717) is 5.69 Å². The Morgan fingerprint density at radius 3 is 2.54 bits per heavy atom. The summed E-state index contributed by atoms with van der Waals surface area (Å²) in [7, 11) is 3.42. The first-order chi connectivity index (χ1) is 6.02. The molecule has 1 aromatic rings. The largest absolute Gasteiger partial charge is 0.343 e. The zero-order valence-electron chi connectivity index (χ0n) is 7.84. The Bertz CT molecular complexity index is 336. The van der Waals surface area contributed by atoms with Crippen LogP contribution in [0.3, 0.4) is 0 Å². The summed E-state index contributed by atoms with van der Waals surface area (Å²) in [6.07, 6.45) is 0. The molecule has 0 aliphatic carbocycles. The highest BCUT2D eigenvalue weighted by Crippen LogP contribution is 2.14. The molecule has 0 fully saturated rings. The van der Waals surface area contributed by atoms with Crippen molar-refractivity contribution in [1.82, 2.24) is 9.88 Å². The van der Waals surface area contributed by atoms with Gasteiger partial charge in [0.1, 0.15) is 5.69 Å². The van der Waals surface area contributed by atoms with Crippen LogP contribution < -0.4 is 0 Å². The minimum atomic E-state index is -0.0735. The summed E-state index contributed by atoms with van der Waals surface area (Å²) in [6, 6.07) is 3.54. The number of hydrogen-bond acceptors (Lipinski definition) is 2. The molecule has 70 valence electrons. The van der Waals surface area contributed by atoms with E-state index in [1.54, 1.807) is 20.2 Å². The van der Waals surface area contributed by atoms with Gasteiger partial charge in [-0.15, -0.1) is 0 Å². The maximum absolute atomic E-state index is 11.5. The van der Waals surface area contributed by atoms with Gasteiger partial charge in [0.05, 0.1) is 5.69 Å². The van der Waals surface area contributed by atoms with Gasteiger partial charge in [-0.25, -0.2) is 4.98 Å². The van der Waals surface area contributed by atoms with Crippen molar-refractivity contribution in [3.8, 4) is 0 Å². The van der Waals surface area contributed by atoms with Crippen molar-refractivity contribution in [2.75, 3.05) is 14.1 Å². The number of amides is 1. The smallest absolute Gasteiger partial charge is 0.271 e. The Labute approximate surface area is 85.9 Å². The summed E-state index contributed by atoms with van der Waals surface area (Å²) in [5.74, 6) is -0.0735. The number of aromatic nitrogens is 1. The molecule has 0 N–H and O–H groups in total. The number of aryl methyl sites for hydroxylation is 1. The third-order valence-electron chi connectivity index (χ3n) is 1.65. The van der Waals surface area contributed by atoms with Crippen LogP contribution in [0.1, 0.15) is 16.2 Å². The van der Waals surface area contributed by atoms with Crippen molar-refractivity contribution in [3.63, 3.8) is 0 Å². The fourth-order valence-corrected chi connectivity index (χ4v) is 1.11. The molecule has 0 aromatic carbocycles. The highest BCUT2D eigenvalue weighted by molar-refractivity contribution is 9.10. The molecular weight excluding hydrogens is 232 g/mol. The molecule has 13 heavy (non-hydrogen) atoms. The molecule has 0 atom stereocenters. The third kappa shape index (κ3) is 2.28. The van der Waals surface area contributed by atoms with Gasteiger partial charge in [0.15, 0.2) is 0 Å². The minimum Gasteiger partial charge on any atom is -0.343 e. The number of rotatable bonds is 1. The number of carbonyl (C=O) groups is 1. The molecule has 0 bridgehead atoms. The molecule has 0 unspecified atom stereocenters. The number of hydrogen-bond donors (Lipinski definition) is 0. The topological polar surface area (TPSA) is 33.2 Å². The van der Waals surface area contributed by atoms with E-state index in [4.69, 9.17) is 0 Å².